The average molecular weight is 331 g/mol. The van der Waals surface area contributed by atoms with E-state index < -0.39 is 0 Å². The lowest BCUT2D eigenvalue weighted by Gasteiger charge is -2.33. The van der Waals surface area contributed by atoms with E-state index in [1.807, 2.05) is 18.4 Å². The highest BCUT2D eigenvalue weighted by molar-refractivity contribution is 7.09. The van der Waals surface area contributed by atoms with Crippen molar-refractivity contribution in [1.29, 1.82) is 0 Å². The monoisotopic (exact) mass is 331 g/mol. The maximum atomic E-state index is 12.4. The van der Waals surface area contributed by atoms with Gasteiger partial charge in [0.2, 0.25) is 0 Å². The molecule has 3 rings (SSSR count). The first-order valence-corrected chi connectivity index (χ1v) is 8.61. The van der Waals surface area contributed by atoms with Crippen LogP contribution in [-0.2, 0) is 0 Å². The summed E-state index contributed by atoms with van der Waals surface area (Å²) < 4.78 is 0. The molecule has 2 aromatic heterocycles. The lowest BCUT2D eigenvalue weighted by Crippen LogP contribution is -2.44. The highest BCUT2D eigenvalue weighted by Gasteiger charge is 2.18. The van der Waals surface area contributed by atoms with Crippen LogP contribution in [0, 0.1) is 0 Å². The number of hydrogen-bond acceptors (Lipinski definition) is 6. The highest BCUT2D eigenvalue weighted by Crippen LogP contribution is 2.18. The molecule has 0 bridgehead atoms. The van der Waals surface area contributed by atoms with Crippen LogP contribution < -0.4 is 10.2 Å². The fraction of sp³-hybridized carbons (Fsp3) is 0.438. The smallest absolute Gasteiger partial charge is 0.252 e. The molecule has 122 valence electrons. The molecule has 1 atom stereocenters. The van der Waals surface area contributed by atoms with E-state index >= 15 is 0 Å². The van der Waals surface area contributed by atoms with Crippen molar-refractivity contribution in [3.05, 3.63) is 40.5 Å². The van der Waals surface area contributed by atoms with Gasteiger partial charge in [0.15, 0.2) is 0 Å². The van der Waals surface area contributed by atoms with Crippen molar-refractivity contribution in [2.24, 2.45) is 0 Å². The number of carbonyl (C=O) groups excluding carboxylic acids is 1. The van der Waals surface area contributed by atoms with Gasteiger partial charge in [0.05, 0.1) is 6.04 Å². The molecule has 1 fully saturated rings. The lowest BCUT2D eigenvalue weighted by molar-refractivity contribution is 0.0939. The van der Waals surface area contributed by atoms with Crippen LogP contribution in [0.25, 0.3) is 0 Å². The SMILES string of the molecule is C[C@@H](NC(=O)c1ccnc(N2CCN(C)CC2)c1)c1nccs1. The van der Waals surface area contributed by atoms with Crippen LogP contribution in [0.3, 0.4) is 0 Å². The molecule has 1 N–H and O–H groups in total. The Balaban J connectivity index is 1.68. The van der Waals surface area contributed by atoms with Gasteiger partial charge in [-0.15, -0.1) is 11.3 Å². The van der Waals surface area contributed by atoms with E-state index in [1.54, 1.807) is 29.8 Å². The molecule has 0 radical (unpaired) electrons. The summed E-state index contributed by atoms with van der Waals surface area (Å²) in [6.45, 7) is 5.84. The van der Waals surface area contributed by atoms with Gasteiger partial charge in [0.1, 0.15) is 10.8 Å². The van der Waals surface area contributed by atoms with Gasteiger partial charge in [-0.05, 0) is 26.1 Å². The van der Waals surface area contributed by atoms with Crippen molar-refractivity contribution in [2.75, 3.05) is 38.1 Å². The normalized spacial score (nSPS) is 17.0. The molecular formula is C16H21N5OS. The summed E-state index contributed by atoms with van der Waals surface area (Å²) in [6.07, 6.45) is 3.46. The minimum absolute atomic E-state index is 0.0922. The summed E-state index contributed by atoms with van der Waals surface area (Å²) in [6, 6.07) is 3.53. The Morgan fingerprint density at radius 2 is 2.04 bits per heavy atom. The van der Waals surface area contributed by atoms with Crippen molar-refractivity contribution < 1.29 is 4.79 Å². The van der Waals surface area contributed by atoms with Gasteiger partial charge in [-0.1, -0.05) is 0 Å². The molecule has 7 heteroatoms. The van der Waals surface area contributed by atoms with Gasteiger partial charge in [-0.3, -0.25) is 4.79 Å². The predicted octanol–water partition coefficient (Wildman–Crippen LogP) is 1.78. The number of likely N-dealkylation sites (N-methyl/N-ethyl adjacent to an activating group) is 1. The average Bonchev–Trinajstić information content (AvgIpc) is 3.10. The molecule has 1 aliphatic rings. The van der Waals surface area contributed by atoms with Crippen molar-refractivity contribution in [3.63, 3.8) is 0 Å². The van der Waals surface area contributed by atoms with Crippen LogP contribution in [0.15, 0.2) is 29.9 Å². The number of hydrogen-bond donors (Lipinski definition) is 1. The molecule has 1 aliphatic heterocycles. The highest BCUT2D eigenvalue weighted by atomic mass is 32.1. The van der Waals surface area contributed by atoms with E-state index in [9.17, 15) is 4.79 Å². The number of piperazine rings is 1. The number of amides is 1. The van der Waals surface area contributed by atoms with E-state index in [1.165, 1.54) is 0 Å². The quantitative estimate of drug-likeness (QED) is 0.925. The fourth-order valence-electron chi connectivity index (χ4n) is 2.56. The Morgan fingerprint density at radius 3 is 2.74 bits per heavy atom. The molecule has 0 spiro atoms. The van der Waals surface area contributed by atoms with E-state index in [0.29, 0.717) is 5.56 Å². The van der Waals surface area contributed by atoms with Crippen LogP contribution in [0.2, 0.25) is 0 Å². The molecule has 0 aliphatic carbocycles. The predicted molar refractivity (Wildman–Crippen MR) is 91.9 cm³/mol. The Bertz CT molecular complexity index is 652. The molecular weight excluding hydrogens is 310 g/mol. The van der Waals surface area contributed by atoms with Gasteiger partial charge < -0.3 is 15.1 Å². The summed E-state index contributed by atoms with van der Waals surface area (Å²) in [5, 5.41) is 5.81. The molecule has 0 unspecified atom stereocenters. The van der Waals surface area contributed by atoms with Gasteiger partial charge in [-0.25, -0.2) is 9.97 Å². The van der Waals surface area contributed by atoms with Gasteiger partial charge in [0, 0.05) is 49.5 Å². The first kappa shape index (κ1) is 15.9. The van der Waals surface area contributed by atoms with Crippen molar-refractivity contribution in [1.82, 2.24) is 20.2 Å². The van der Waals surface area contributed by atoms with E-state index in [2.05, 4.69) is 32.1 Å². The number of aromatic nitrogens is 2. The summed E-state index contributed by atoms with van der Waals surface area (Å²) in [5.74, 6) is 0.776. The van der Waals surface area contributed by atoms with Crippen LogP contribution >= 0.6 is 11.3 Å². The summed E-state index contributed by atoms with van der Waals surface area (Å²) in [5.41, 5.74) is 0.636. The molecule has 3 heterocycles. The van der Waals surface area contributed by atoms with Gasteiger partial charge >= 0.3 is 0 Å². The molecule has 2 aromatic rings. The van der Waals surface area contributed by atoms with E-state index in [0.717, 1.165) is 37.0 Å². The number of anilines is 1. The van der Waals surface area contributed by atoms with Crippen LogP contribution in [0.4, 0.5) is 5.82 Å². The Morgan fingerprint density at radius 1 is 1.26 bits per heavy atom. The second kappa shape index (κ2) is 7.06. The maximum absolute atomic E-state index is 12.4. The number of pyridine rings is 1. The van der Waals surface area contributed by atoms with Crippen LogP contribution in [0.1, 0.15) is 28.3 Å². The Labute approximate surface area is 140 Å². The first-order chi connectivity index (χ1) is 11.1. The zero-order chi connectivity index (χ0) is 16.2. The molecule has 1 saturated heterocycles. The van der Waals surface area contributed by atoms with Crippen molar-refractivity contribution in [3.8, 4) is 0 Å². The Hall–Kier alpha value is -1.99. The first-order valence-electron chi connectivity index (χ1n) is 7.73. The molecule has 0 aromatic carbocycles. The molecule has 6 nitrogen and oxygen atoms in total. The summed E-state index contributed by atoms with van der Waals surface area (Å²) in [4.78, 5) is 25.6. The van der Waals surface area contributed by atoms with Crippen LogP contribution in [-0.4, -0.2) is 54.0 Å². The largest absolute Gasteiger partial charge is 0.354 e. The molecule has 0 saturated carbocycles. The second-order valence-corrected chi connectivity index (χ2v) is 6.68. The Kier molecular flexibility index (Phi) is 4.88. The minimum atomic E-state index is -0.0947. The molecule has 1 amide bonds. The third-order valence-corrected chi connectivity index (χ3v) is 4.96. The second-order valence-electron chi connectivity index (χ2n) is 5.76. The summed E-state index contributed by atoms with van der Waals surface area (Å²) >= 11 is 1.54. The standard InChI is InChI=1S/C16H21N5OS/c1-12(16-18-5-10-23-16)19-15(22)13-3-4-17-14(11-13)21-8-6-20(2)7-9-21/h3-5,10-12H,6-9H2,1-2H3,(H,19,22)/t12-/m1/s1. The fourth-order valence-corrected chi connectivity index (χ4v) is 3.20. The number of nitrogens with zero attached hydrogens (tertiary/aromatic N) is 4. The molecule has 23 heavy (non-hydrogen) atoms. The topological polar surface area (TPSA) is 61.4 Å². The van der Waals surface area contributed by atoms with Crippen molar-refractivity contribution >= 4 is 23.1 Å². The zero-order valence-electron chi connectivity index (χ0n) is 13.4. The lowest BCUT2D eigenvalue weighted by atomic mass is 10.2. The number of thiazole rings is 1. The summed E-state index contributed by atoms with van der Waals surface area (Å²) in [7, 11) is 2.12. The number of carbonyl (C=O) groups is 1. The van der Waals surface area contributed by atoms with Crippen molar-refractivity contribution in [2.45, 2.75) is 13.0 Å². The van der Waals surface area contributed by atoms with Crippen LogP contribution in [0.5, 0.6) is 0 Å². The van der Waals surface area contributed by atoms with E-state index in [-0.39, 0.29) is 11.9 Å². The number of rotatable bonds is 4. The van der Waals surface area contributed by atoms with Gasteiger partial charge in [-0.2, -0.15) is 0 Å². The van der Waals surface area contributed by atoms with E-state index in [4.69, 9.17) is 0 Å². The number of nitrogens with one attached hydrogen (secondary N) is 1. The minimum Gasteiger partial charge on any atom is -0.354 e. The zero-order valence-corrected chi connectivity index (χ0v) is 14.2. The third kappa shape index (κ3) is 3.86. The van der Waals surface area contributed by atoms with Gasteiger partial charge in [0.25, 0.3) is 5.91 Å². The maximum Gasteiger partial charge on any atom is 0.252 e. The third-order valence-electron chi connectivity index (χ3n) is 4.00.